The Bertz CT molecular complexity index is 307. The Labute approximate surface area is 105 Å². The minimum absolute atomic E-state index is 0.0851. The van der Waals surface area contributed by atoms with Gasteiger partial charge in [0.15, 0.2) is 0 Å². The van der Waals surface area contributed by atoms with Crippen LogP contribution in [0.1, 0.15) is 46.5 Å². The number of fused-ring (bicyclic) bond motifs is 2. The summed E-state index contributed by atoms with van der Waals surface area (Å²) in [6.45, 7) is 5.68. The monoisotopic (exact) mass is 290 g/mol. The number of esters is 1. The molecule has 0 aromatic carbocycles. The van der Waals surface area contributed by atoms with Crippen LogP contribution in [0, 0.1) is 0 Å². The Kier molecular flexibility index (Phi) is 3.08. The van der Waals surface area contributed by atoms with Crippen molar-refractivity contribution in [3.05, 3.63) is 0 Å². The molecule has 0 spiro atoms. The highest BCUT2D eigenvalue weighted by molar-refractivity contribution is 9.09. The summed E-state index contributed by atoms with van der Waals surface area (Å²) in [6, 6.07) is 0. The van der Waals surface area contributed by atoms with Crippen LogP contribution in [0.5, 0.6) is 0 Å². The third kappa shape index (κ3) is 2.02. The fourth-order valence-corrected chi connectivity index (χ4v) is 3.46. The molecule has 92 valence electrons. The van der Waals surface area contributed by atoms with Gasteiger partial charge in [-0.2, -0.15) is 0 Å². The smallest absolute Gasteiger partial charge is 0.303 e. The number of carbonyl (C=O) groups excluding carboxylic acids is 1. The topological polar surface area (TPSA) is 35.5 Å². The van der Waals surface area contributed by atoms with E-state index in [-0.39, 0.29) is 23.3 Å². The van der Waals surface area contributed by atoms with Crippen molar-refractivity contribution < 1.29 is 14.3 Å². The number of halogens is 1. The van der Waals surface area contributed by atoms with Crippen molar-refractivity contribution in [2.24, 2.45) is 0 Å². The van der Waals surface area contributed by atoms with E-state index in [1.165, 1.54) is 6.92 Å². The van der Waals surface area contributed by atoms with Gasteiger partial charge >= 0.3 is 5.97 Å². The number of carbonyl (C=O) groups is 1. The lowest BCUT2D eigenvalue weighted by atomic mass is 9.75. The van der Waals surface area contributed by atoms with Crippen molar-refractivity contribution in [1.82, 2.24) is 0 Å². The summed E-state index contributed by atoms with van der Waals surface area (Å²) in [6.07, 6.45) is 3.77. The van der Waals surface area contributed by atoms with Crippen molar-refractivity contribution in [2.75, 3.05) is 0 Å². The second kappa shape index (κ2) is 3.98. The predicted molar refractivity (Wildman–Crippen MR) is 64.6 cm³/mol. The zero-order valence-electron chi connectivity index (χ0n) is 10.1. The molecule has 0 amide bonds. The zero-order chi connectivity index (χ0) is 12.0. The first-order chi connectivity index (χ1) is 7.36. The van der Waals surface area contributed by atoms with E-state index >= 15 is 0 Å². The van der Waals surface area contributed by atoms with Crippen LogP contribution >= 0.6 is 15.9 Å². The van der Waals surface area contributed by atoms with Gasteiger partial charge in [0.1, 0.15) is 11.7 Å². The zero-order valence-corrected chi connectivity index (χ0v) is 11.7. The summed E-state index contributed by atoms with van der Waals surface area (Å²) in [7, 11) is 0. The minimum atomic E-state index is -0.303. The molecule has 0 aromatic rings. The molecule has 2 aliphatic heterocycles. The summed E-state index contributed by atoms with van der Waals surface area (Å²) in [5.74, 6) is -0.209. The quantitative estimate of drug-likeness (QED) is 0.550. The molecule has 0 radical (unpaired) electrons. The lowest BCUT2D eigenvalue weighted by Gasteiger charge is -2.54. The molecule has 2 fully saturated rings. The average molecular weight is 291 g/mol. The van der Waals surface area contributed by atoms with Gasteiger partial charge < -0.3 is 9.47 Å². The van der Waals surface area contributed by atoms with Crippen LogP contribution in [0.2, 0.25) is 0 Å². The Balaban J connectivity index is 2.16. The van der Waals surface area contributed by atoms with Crippen LogP contribution in [0.15, 0.2) is 0 Å². The van der Waals surface area contributed by atoms with Crippen molar-refractivity contribution in [3.8, 4) is 0 Å². The third-order valence-electron chi connectivity index (χ3n) is 3.92. The van der Waals surface area contributed by atoms with E-state index in [0.29, 0.717) is 4.83 Å². The highest BCUT2D eigenvalue weighted by Crippen LogP contribution is 2.48. The Morgan fingerprint density at radius 2 is 1.94 bits per heavy atom. The minimum Gasteiger partial charge on any atom is -0.459 e. The van der Waals surface area contributed by atoms with Gasteiger partial charge in [-0.25, -0.2) is 0 Å². The summed E-state index contributed by atoms with van der Waals surface area (Å²) in [5.41, 5.74) is -0.410. The van der Waals surface area contributed by atoms with Gasteiger partial charge in [0.05, 0.1) is 5.60 Å². The van der Waals surface area contributed by atoms with Gasteiger partial charge in [-0.3, -0.25) is 4.79 Å². The van der Waals surface area contributed by atoms with Crippen molar-refractivity contribution in [1.29, 1.82) is 0 Å². The maximum Gasteiger partial charge on any atom is 0.303 e. The van der Waals surface area contributed by atoms with Gasteiger partial charge in [0.25, 0.3) is 0 Å². The molecule has 2 rings (SSSR count). The van der Waals surface area contributed by atoms with Crippen LogP contribution < -0.4 is 0 Å². The van der Waals surface area contributed by atoms with Crippen LogP contribution in [0.25, 0.3) is 0 Å². The highest BCUT2D eigenvalue weighted by atomic mass is 79.9. The molecule has 0 N–H and O–H groups in total. The van der Waals surface area contributed by atoms with Crippen molar-refractivity contribution >= 4 is 21.9 Å². The average Bonchev–Trinajstić information content (AvgIpc) is 2.17. The number of ether oxygens (including phenoxy) is 2. The molecule has 0 aliphatic carbocycles. The fraction of sp³-hybridized carbons (Fsp3) is 0.917. The summed E-state index contributed by atoms with van der Waals surface area (Å²) >= 11 is 3.69. The molecule has 2 bridgehead atoms. The molecule has 0 aromatic heterocycles. The SMILES string of the molecule is CC(=O)OC1CCC2(C)OC1(C)CCC2Br. The number of rotatable bonds is 1. The van der Waals surface area contributed by atoms with E-state index in [4.69, 9.17) is 9.47 Å². The third-order valence-corrected chi connectivity index (χ3v) is 5.34. The van der Waals surface area contributed by atoms with E-state index in [1.54, 1.807) is 0 Å². The number of alkyl halides is 1. The summed E-state index contributed by atoms with van der Waals surface area (Å²) in [5, 5.41) is 0. The van der Waals surface area contributed by atoms with Crippen LogP contribution in [-0.2, 0) is 14.3 Å². The Morgan fingerprint density at radius 1 is 1.31 bits per heavy atom. The maximum atomic E-state index is 11.1. The lowest BCUT2D eigenvalue weighted by Crippen LogP contribution is -2.61. The van der Waals surface area contributed by atoms with E-state index in [2.05, 4.69) is 29.8 Å². The van der Waals surface area contributed by atoms with Gasteiger partial charge in [-0.1, -0.05) is 15.9 Å². The van der Waals surface area contributed by atoms with E-state index in [1.807, 2.05) is 0 Å². The molecule has 2 saturated heterocycles. The first-order valence-electron chi connectivity index (χ1n) is 5.87. The Morgan fingerprint density at radius 3 is 2.56 bits per heavy atom. The lowest BCUT2D eigenvalue weighted by molar-refractivity contribution is -0.250. The van der Waals surface area contributed by atoms with Gasteiger partial charge in [0.2, 0.25) is 0 Å². The molecule has 0 saturated carbocycles. The largest absolute Gasteiger partial charge is 0.459 e. The molecule has 16 heavy (non-hydrogen) atoms. The standard InChI is InChI=1S/C12H19BrO3/c1-8(14)15-10-5-7-11(2)9(13)4-6-12(10,3)16-11/h9-10H,4-7H2,1-3H3. The van der Waals surface area contributed by atoms with Gasteiger partial charge in [-0.05, 0) is 39.5 Å². The van der Waals surface area contributed by atoms with E-state index in [0.717, 1.165) is 25.7 Å². The summed E-state index contributed by atoms with van der Waals surface area (Å²) < 4.78 is 11.6. The maximum absolute atomic E-state index is 11.1. The molecule has 3 nitrogen and oxygen atoms in total. The normalized spacial score (nSPS) is 47.5. The van der Waals surface area contributed by atoms with Crippen LogP contribution in [-0.4, -0.2) is 28.1 Å². The molecular formula is C12H19BrO3. The first-order valence-corrected chi connectivity index (χ1v) is 6.79. The van der Waals surface area contributed by atoms with Gasteiger partial charge in [0, 0.05) is 11.8 Å². The molecule has 4 heteroatoms. The van der Waals surface area contributed by atoms with Crippen molar-refractivity contribution in [3.63, 3.8) is 0 Å². The van der Waals surface area contributed by atoms with E-state index < -0.39 is 0 Å². The molecule has 2 aliphatic rings. The highest BCUT2D eigenvalue weighted by Gasteiger charge is 2.54. The predicted octanol–water partition coefficient (Wildman–Crippen LogP) is 2.80. The molecule has 2 heterocycles. The number of hydrogen-bond donors (Lipinski definition) is 0. The fourth-order valence-electron chi connectivity index (χ4n) is 2.91. The van der Waals surface area contributed by atoms with Gasteiger partial charge in [-0.15, -0.1) is 0 Å². The second-order valence-corrected chi connectivity index (χ2v) is 6.48. The molecule has 4 unspecified atom stereocenters. The summed E-state index contributed by atoms with van der Waals surface area (Å²) in [4.78, 5) is 11.5. The van der Waals surface area contributed by atoms with Crippen LogP contribution in [0.3, 0.4) is 0 Å². The van der Waals surface area contributed by atoms with Crippen LogP contribution in [0.4, 0.5) is 0 Å². The number of hydrogen-bond acceptors (Lipinski definition) is 3. The Hall–Kier alpha value is -0.0900. The molecular weight excluding hydrogens is 272 g/mol. The second-order valence-electron chi connectivity index (χ2n) is 5.37. The molecule has 4 atom stereocenters. The first kappa shape index (κ1) is 12.4. The van der Waals surface area contributed by atoms with E-state index in [9.17, 15) is 4.79 Å². The van der Waals surface area contributed by atoms with Crippen molar-refractivity contribution in [2.45, 2.75) is 68.6 Å².